The predicted octanol–water partition coefficient (Wildman–Crippen LogP) is 5.40. The number of amides is 2. The van der Waals surface area contributed by atoms with Crippen LogP contribution in [0.1, 0.15) is 23.2 Å². The first-order valence-electron chi connectivity index (χ1n) is 9.09. The Morgan fingerprint density at radius 3 is 2.73 bits per heavy atom. The normalized spacial score (nSPS) is 10.8. The van der Waals surface area contributed by atoms with Crippen molar-refractivity contribution >= 4 is 56.5 Å². The summed E-state index contributed by atoms with van der Waals surface area (Å²) in [6.45, 7) is 3.77. The van der Waals surface area contributed by atoms with E-state index in [1.165, 1.54) is 13.0 Å². The number of halogens is 1. The molecule has 0 radical (unpaired) electrons. The Labute approximate surface area is 187 Å². The molecular formula is C22H20BrN3O3S. The molecule has 0 bridgehead atoms. The molecule has 3 aromatic rings. The fourth-order valence-corrected chi connectivity index (χ4v) is 3.56. The molecule has 154 valence electrons. The monoisotopic (exact) mass is 485 g/mol. The molecule has 0 atom stereocenters. The van der Waals surface area contributed by atoms with Crippen molar-refractivity contribution < 1.29 is 14.3 Å². The van der Waals surface area contributed by atoms with Crippen LogP contribution in [0, 0.1) is 6.92 Å². The minimum Gasteiger partial charge on any atom is -0.487 e. The van der Waals surface area contributed by atoms with Crippen molar-refractivity contribution in [3.05, 3.63) is 74.7 Å². The van der Waals surface area contributed by atoms with E-state index in [1.54, 1.807) is 35.6 Å². The number of carbonyl (C=O) groups is 2. The van der Waals surface area contributed by atoms with E-state index in [-0.39, 0.29) is 11.8 Å². The van der Waals surface area contributed by atoms with Crippen molar-refractivity contribution in [3.8, 4) is 5.75 Å². The van der Waals surface area contributed by atoms with Crippen molar-refractivity contribution in [2.45, 2.75) is 20.5 Å². The van der Waals surface area contributed by atoms with Crippen LogP contribution in [0.4, 0.5) is 11.4 Å². The fourth-order valence-electron chi connectivity index (χ4n) is 2.60. The first kappa shape index (κ1) is 21.7. The highest BCUT2D eigenvalue weighted by Crippen LogP contribution is 2.26. The van der Waals surface area contributed by atoms with Gasteiger partial charge in [0.15, 0.2) is 0 Å². The van der Waals surface area contributed by atoms with E-state index >= 15 is 0 Å². The van der Waals surface area contributed by atoms with Crippen LogP contribution >= 0.6 is 27.3 Å². The van der Waals surface area contributed by atoms with Gasteiger partial charge in [0.2, 0.25) is 11.8 Å². The molecule has 0 fully saturated rings. The molecule has 0 aliphatic rings. The minimum absolute atomic E-state index is 0.215. The quantitative estimate of drug-likeness (QED) is 0.438. The Morgan fingerprint density at radius 2 is 2.00 bits per heavy atom. The first-order chi connectivity index (χ1) is 14.4. The van der Waals surface area contributed by atoms with Crippen molar-refractivity contribution in [3.63, 3.8) is 0 Å². The highest BCUT2D eigenvalue weighted by Gasteiger charge is 2.07. The summed E-state index contributed by atoms with van der Waals surface area (Å²) in [5.41, 5.74) is 2.75. The Hall–Kier alpha value is -2.97. The van der Waals surface area contributed by atoms with Gasteiger partial charge in [0.1, 0.15) is 12.4 Å². The summed E-state index contributed by atoms with van der Waals surface area (Å²) in [5, 5.41) is 8.45. The van der Waals surface area contributed by atoms with Crippen LogP contribution in [-0.2, 0) is 16.2 Å². The number of carbonyl (C=O) groups excluding carboxylic acids is 2. The zero-order valence-electron chi connectivity index (χ0n) is 16.4. The number of nitrogens with zero attached hydrogens (tertiary/aromatic N) is 1. The summed E-state index contributed by atoms with van der Waals surface area (Å²) in [5.74, 6) is 0.167. The van der Waals surface area contributed by atoms with Gasteiger partial charge in [-0.2, -0.15) is 0 Å². The lowest BCUT2D eigenvalue weighted by Gasteiger charge is -2.11. The smallest absolute Gasteiger partial charge is 0.248 e. The van der Waals surface area contributed by atoms with Crippen molar-refractivity contribution in [2.75, 3.05) is 10.6 Å². The standard InChI is InChI=1S/C22H20BrN3O3S/c1-14(27)24-20-8-7-17(23)11-21(20)26-22(28)9-6-16-4-3-5-19(10-16)29-12-18-13-30-15(2)25-18/h3-11,13H,12H2,1-2H3,(H,24,27)(H,26,28). The van der Waals surface area contributed by atoms with E-state index in [0.29, 0.717) is 23.7 Å². The first-order valence-corrected chi connectivity index (χ1v) is 10.8. The SMILES string of the molecule is CC(=O)Nc1ccc(Br)cc1NC(=O)C=Cc1cccc(OCc2csc(C)n2)c1. The molecule has 30 heavy (non-hydrogen) atoms. The maximum absolute atomic E-state index is 12.4. The Balaban J connectivity index is 1.64. The fraction of sp³-hybridized carbons (Fsp3) is 0.136. The lowest BCUT2D eigenvalue weighted by molar-refractivity contribution is -0.114. The number of hydrogen-bond donors (Lipinski definition) is 2. The molecule has 6 nitrogen and oxygen atoms in total. The van der Waals surface area contributed by atoms with Gasteiger partial charge < -0.3 is 15.4 Å². The Bertz CT molecular complexity index is 1090. The number of rotatable bonds is 7. The maximum atomic E-state index is 12.4. The largest absolute Gasteiger partial charge is 0.487 e. The second-order valence-corrected chi connectivity index (χ2v) is 8.39. The van der Waals surface area contributed by atoms with Gasteiger partial charge in [-0.15, -0.1) is 11.3 Å². The van der Waals surface area contributed by atoms with E-state index < -0.39 is 0 Å². The summed E-state index contributed by atoms with van der Waals surface area (Å²) < 4.78 is 6.57. The molecule has 0 spiro atoms. The zero-order chi connectivity index (χ0) is 21.5. The molecule has 0 aliphatic heterocycles. The van der Waals surface area contributed by atoms with Gasteiger partial charge in [0, 0.05) is 22.9 Å². The minimum atomic E-state index is -0.316. The predicted molar refractivity (Wildman–Crippen MR) is 124 cm³/mol. The number of aryl methyl sites for hydroxylation is 1. The second kappa shape index (κ2) is 10.2. The third-order valence-electron chi connectivity index (χ3n) is 3.89. The van der Waals surface area contributed by atoms with Crippen molar-refractivity contribution in [2.24, 2.45) is 0 Å². The lowest BCUT2D eigenvalue weighted by atomic mass is 10.2. The average molecular weight is 486 g/mol. The van der Waals surface area contributed by atoms with Crippen LogP contribution in [0.5, 0.6) is 5.75 Å². The molecule has 1 heterocycles. The highest BCUT2D eigenvalue weighted by molar-refractivity contribution is 9.10. The van der Waals surface area contributed by atoms with Gasteiger partial charge in [0.05, 0.1) is 22.1 Å². The van der Waals surface area contributed by atoms with Crippen LogP contribution in [0.15, 0.2) is 58.4 Å². The van der Waals surface area contributed by atoms with Gasteiger partial charge in [-0.1, -0.05) is 28.1 Å². The van der Waals surface area contributed by atoms with Crippen LogP contribution < -0.4 is 15.4 Å². The molecular weight excluding hydrogens is 466 g/mol. The molecule has 0 aliphatic carbocycles. The number of nitrogens with one attached hydrogen (secondary N) is 2. The van der Waals surface area contributed by atoms with E-state index in [9.17, 15) is 9.59 Å². The third-order valence-corrected chi connectivity index (χ3v) is 5.20. The summed E-state index contributed by atoms with van der Waals surface area (Å²) in [6, 6.07) is 12.7. The lowest BCUT2D eigenvalue weighted by Crippen LogP contribution is -2.13. The van der Waals surface area contributed by atoms with Gasteiger partial charge in [-0.3, -0.25) is 9.59 Å². The number of aromatic nitrogens is 1. The molecule has 0 unspecified atom stereocenters. The highest BCUT2D eigenvalue weighted by atomic mass is 79.9. The second-order valence-electron chi connectivity index (χ2n) is 6.41. The van der Waals surface area contributed by atoms with Crippen molar-refractivity contribution in [1.82, 2.24) is 4.98 Å². The Kier molecular flexibility index (Phi) is 7.37. The third kappa shape index (κ3) is 6.53. The van der Waals surface area contributed by atoms with Crippen molar-refractivity contribution in [1.29, 1.82) is 0 Å². The maximum Gasteiger partial charge on any atom is 0.248 e. The topological polar surface area (TPSA) is 80.3 Å². The van der Waals surface area contributed by atoms with E-state index in [2.05, 4.69) is 31.5 Å². The number of anilines is 2. The number of hydrogen-bond acceptors (Lipinski definition) is 5. The summed E-state index contributed by atoms with van der Waals surface area (Å²) in [7, 11) is 0. The Morgan fingerprint density at radius 1 is 1.17 bits per heavy atom. The number of benzene rings is 2. The molecule has 1 aromatic heterocycles. The van der Waals surface area contributed by atoms with Gasteiger partial charge in [-0.25, -0.2) is 4.98 Å². The summed E-state index contributed by atoms with van der Waals surface area (Å²) >= 11 is 4.96. The molecule has 3 rings (SSSR count). The summed E-state index contributed by atoms with van der Waals surface area (Å²) in [4.78, 5) is 28.1. The number of ether oxygens (including phenoxy) is 1. The van der Waals surface area contributed by atoms with E-state index in [4.69, 9.17) is 4.74 Å². The molecule has 2 amide bonds. The van der Waals surface area contributed by atoms with Gasteiger partial charge in [-0.05, 0) is 48.9 Å². The van der Waals surface area contributed by atoms with Crippen LogP contribution in [0.3, 0.4) is 0 Å². The van der Waals surface area contributed by atoms with Gasteiger partial charge >= 0.3 is 0 Å². The number of thiazole rings is 1. The zero-order valence-corrected chi connectivity index (χ0v) is 18.8. The van der Waals surface area contributed by atoms with E-state index in [0.717, 1.165) is 20.7 Å². The van der Waals surface area contributed by atoms with E-state index in [1.807, 2.05) is 36.6 Å². The van der Waals surface area contributed by atoms with Gasteiger partial charge in [0.25, 0.3) is 0 Å². The molecule has 2 N–H and O–H groups in total. The summed E-state index contributed by atoms with van der Waals surface area (Å²) in [6.07, 6.45) is 3.13. The molecule has 0 saturated carbocycles. The molecule has 0 saturated heterocycles. The van der Waals surface area contributed by atoms with Crippen LogP contribution in [-0.4, -0.2) is 16.8 Å². The van der Waals surface area contributed by atoms with Crippen LogP contribution in [0.25, 0.3) is 6.08 Å². The molecule has 8 heteroatoms. The average Bonchev–Trinajstić information content (AvgIpc) is 3.12. The molecule has 2 aromatic carbocycles. The van der Waals surface area contributed by atoms with Crippen LogP contribution in [0.2, 0.25) is 0 Å².